The summed E-state index contributed by atoms with van der Waals surface area (Å²) >= 11 is -1.20. The topological polar surface area (TPSA) is 74.9 Å². The zero-order chi connectivity index (χ0) is 20.0. The van der Waals surface area contributed by atoms with E-state index in [0.717, 1.165) is 52.6 Å². The van der Waals surface area contributed by atoms with Crippen LogP contribution in [0.15, 0.2) is 29.2 Å². The van der Waals surface area contributed by atoms with Gasteiger partial charge in [0.25, 0.3) is 5.56 Å². The van der Waals surface area contributed by atoms with E-state index in [4.69, 9.17) is 4.98 Å². The highest BCUT2D eigenvalue weighted by Gasteiger charge is 2.25. The smallest absolute Gasteiger partial charge is 0.253 e. The predicted octanol–water partition coefficient (Wildman–Crippen LogP) is 3.39. The lowest BCUT2D eigenvalue weighted by Crippen LogP contribution is -2.18. The van der Waals surface area contributed by atoms with Crippen molar-refractivity contribution in [2.75, 3.05) is 11.0 Å². The van der Waals surface area contributed by atoms with Crippen molar-refractivity contribution in [1.29, 1.82) is 0 Å². The van der Waals surface area contributed by atoms with Gasteiger partial charge in [-0.25, -0.2) is 9.71 Å². The molecule has 2 heterocycles. The molecule has 0 aliphatic heterocycles. The number of imidazole rings is 1. The maximum Gasteiger partial charge on any atom is 0.253 e. The highest BCUT2D eigenvalue weighted by atomic mass is 32.2. The number of hydrogen-bond donors (Lipinski definition) is 1. The van der Waals surface area contributed by atoms with Crippen LogP contribution in [-0.4, -0.2) is 24.9 Å². The van der Waals surface area contributed by atoms with Crippen LogP contribution in [0.1, 0.15) is 31.2 Å². The summed E-state index contributed by atoms with van der Waals surface area (Å²) in [7, 11) is 1.77. The second-order valence-corrected chi connectivity index (χ2v) is 8.82. The molecule has 1 aliphatic carbocycles. The molecule has 1 N–H and O–H groups in total. The maximum absolute atomic E-state index is 12.1. The molecule has 7 heteroatoms. The van der Waals surface area contributed by atoms with E-state index in [1.165, 1.54) is 12.8 Å². The van der Waals surface area contributed by atoms with Crippen LogP contribution in [0.3, 0.4) is 0 Å². The Morgan fingerprint density at radius 3 is 2.64 bits per heavy atom. The van der Waals surface area contributed by atoms with Crippen LogP contribution < -0.4 is 10.3 Å². The van der Waals surface area contributed by atoms with Gasteiger partial charge in [-0.15, -0.1) is 0 Å². The Bertz CT molecular complexity index is 1070. The summed E-state index contributed by atoms with van der Waals surface area (Å²) in [5.74, 6) is 1.78. The number of nitrogens with zero attached hydrogens (tertiary/aromatic N) is 3. The fourth-order valence-electron chi connectivity index (χ4n) is 3.74. The molecule has 148 valence electrons. The summed E-state index contributed by atoms with van der Waals surface area (Å²) < 4.78 is 18.9. The van der Waals surface area contributed by atoms with Gasteiger partial charge in [0, 0.05) is 31.8 Å². The molecule has 2 aromatic heterocycles. The first-order valence-electron chi connectivity index (χ1n) is 9.68. The highest BCUT2D eigenvalue weighted by molar-refractivity contribution is 7.92. The normalized spacial score (nSPS) is 15.2. The van der Waals surface area contributed by atoms with Gasteiger partial charge in [0.1, 0.15) is 23.3 Å². The summed E-state index contributed by atoms with van der Waals surface area (Å²) in [5, 5.41) is 0. The number of fused-ring (bicyclic) bond motifs is 1. The Hall–Kier alpha value is -2.25. The van der Waals surface area contributed by atoms with Crippen molar-refractivity contribution >= 4 is 28.1 Å². The molecule has 1 aromatic carbocycles. The van der Waals surface area contributed by atoms with Gasteiger partial charge in [0.15, 0.2) is 0 Å². The van der Waals surface area contributed by atoms with Gasteiger partial charge in [-0.05, 0) is 55.0 Å². The molecule has 0 bridgehead atoms. The zero-order valence-corrected chi connectivity index (χ0v) is 17.6. The molecule has 6 nitrogen and oxygen atoms in total. The Labute approximate surface area is 167 Å². The van der Waals surface area contributed by atoms with E-state index >= 15 is 0 Å². The molecule has 0 amide bonds. The summed E-state index contributed by atoms with van der Waals surface area (Å²) in [6.45, 7) is 4.92. The fourth-order valence-corrected chi connectivity index (χ4v) is 4.20. The minimum absolute atomic E-state index is 0.00452. The third kappa shape index (κ3) is 3.56. The van der Waals surface area contributed by atoms with E-state index in [9.17, 15) is 9.35 Å². The van der Waals surface area contributed by atoms with Crippen molar-refractivity contribution < 1.29 is 4.55 Å². The molecule has 1 saturated carbocycles. The fraction of sp³-hybridized carbons (Fsp3) is 0.429. The molecule has 1 fully saturated rings. The second kappa shape index (κ2) is 7.29. The molecule has 4 rings (SSSR count). The van der Waals surface area contributed by atoms with E-state index in [-0.39, 0.29) is 5.56 Å². The van der Waals surface area contributed by atoms with Crippen molar-refractivity contribution in [1.82, 2.24) is 14.1 Å². The predicted molar refractivity (Wildman–Crippen MR) is 115 cm³/mol. The van der Waals surface area contributed by atoms with Gasteiger partial charge < -0.3 is 13.7 Å². The summed E-state index contributed by atoms with van der Waals surface area (Å²) in [5.41, 5.74) is 5.34. The largest absolute Gasteiger partial charge is 0.593 e. The van der Waals surface area contributed by atoms with Gasteiger partial charge in [-0.1, -0.05) is 6.92 Å². The van der Waals surface area contributed by atoms with Crippen LogP contribution in [0.4, 0.5) is 5.69 Å². The molecule has 1 atom stereocenters. The van der Waals surface area contributed by atoms with Gasteiger partial charge in [0.05, 0.1) is 16.9 Å². The quantitative estimate of drug-likeness (QED) is 0.646. The minimum Gasteiger partial charge on any atom is -0.593 e. The van der Waals surface area contributed by atoms with Gasteiger partial charge in [0.2, 0.25) is 0 Å². The lowest BCUT2D eigenvalue weighted by atomic mass is 10.0. The van der Waals surface area contributed by atoms with E-state index < -0.39 is 11.4 Å². The van der Waals surface area contributed by atoms with E-state index in [0.29, 0.717) is 5.56 Å². The number of pyridine rings is 1. The van der Waals surface area contributed by atoms with Crippen molar-refractivity contribution in [2.45, 2.75) is 39.7 Å². The molecule has 0 saturated heterocycles. The zero-order valence-electron chi connectivity index (χ0n) is 16.8. The van der Waals surface area contributed by atoms with Crippen molar-refractivity contribution in [2.24, 2.45) is 13.0 Å². The molecular formula is C21H26N4O2S. The molecular weight excluding hydrogens is 372 g/mol. The SMILES string of the molecule is CCc1nc2c(N[S@+](C)[O-])cc(-c3cc(C)c(=O)n(C)c3)cc2n1CC1CC1. The van der Waals surface area contributed by atoms with Gasteiger partial charge in [-0.3, -0.25) is 4.79 Å². The Morgan fingerprint density at radius 2 is 2.04 bits per heavy atom. The number of hydrogen-bond acceptors (Lipinski definition) is 4. The molecule has 28 heavy (non-hydrogen) atoms. The van der Waals surface area contributed by atoms with Crippen LogP contribution in [0.25, 0.3) is 22.2 Å². The van der Waals surface area contributed by atoms with Crippen LogP contribution in [0.5, 0.6) is 0 Å². The van der Waals surface area contributed by atoms with Gasteiger partial charge >= 0.3 is 0 Å². The molecule has 0 radical (unpaired) electrons. The summed E-state index contributed by atoms with van der Waals surface area (Å²) in [6.07, 6.45) is 6.87. The third-order valence-corrected chi connectivity index (χ3v) is 5.84. The van der Waals surface area contributed by atoms with Crippen molar-refractivity contribution in [3.05, 3.63) is 46.1 Å². The van der Waals surface area contributed by atoms with E-state index in [1.54, 1.807) is 17.9 Å². The molecule has 3 aromatic rings. The lowest BCUT2D eigenvalue weighted by molar-refractivity contribution is 0.606. The second-order valence-electron chi connectivity index (χ2n) is 7.71. The number of aryl methyl sites for hydroxylation is 3. The monoisotopic (exact) mass is 398 g/mol. The number of nitrogens with one attached hydrogen (secondary N) is 1. The molecule has 0 spiro atoms. The van der Waals surface area contributed by atoms with E-state index in [2.05, 4.69) is 22.3 Å². The summed E-state index contributed by atoms with van der Waals surface area (Å²) in [6, 6.07) is 6.04. The molecule has 0 unspecified atom stereocenters. The first-order chi connectivity index (χ1) is 13.4. The number of rotatable bonds is 6. The standard InChI is InChI=1S/C21H26N4O2S/c1-5-19-22-20-17(23-28(4)27)9-15(10-18(20)25(19)11-14-6-7-14)16-8-13(2)21(26)24(3)12-16/h8-10,12,14,23H,5-7,11H2,1-4H3/t28-/m0/s1. The van der Waals surface area contributed by atoms with Crippen LogP contribution in [0, 0.1) is 12.8 Å². The van der Waals surface area contributed by atoms with Crippen LogP contribution >= 0.6 is 0 Å². The van der Waals surface area contributed by atoms with Gasteiger partial charge in [-0.2, -0.15) is 0 Å². The van der Waals surface area contributed by atoms with Crippen LogP contribution in [-0.2, 0) is 31.4 Å². The highest BCUT2D eigenvalue weighted by Crippen LogP contribution is 2.36. The Morgan fingerprint density at radius 1 is 1.29 bits per heavy atom. The number of aromatic nitrogens is 3. The minimum atomic E-state index is -1.20. The van der Waals surface area contributed by atoms with Crippen molar-refractivity contribution in [3.63, 3.8) is 0 Å². The number of benzene rings is 1. The first kappa shape index (κ1) is 19.1. The van der Waals surface area contributed by atoms with Crippen molar-refractivity contribution in [3.8, 4) is 11.1 Å². The number of anilines is 1. The van der Waals surface area contributed by atoms with E-state index in [1.807, 2.05) is 25.3 Å². The maximum atomic E-state index is 12.1. The molecule has 1 aliphatic rings. The average Bonchev–Trinajstić information content (AvgIpc) is 3.39. The van der Waals surface area contributed by atoms with Crippen LogP contribution in [0.2, 0.25) is 0 Å². The Balaban J connectivity index is 1.95. The lowest BCUT2D eigenvalue weighted by Gasteiger charge is -2.13. The Kier molecular flexibility index (Phi) is 4.97. The third-order valence-electron chi connectivity index (χ3n) is 5.34. The average molecular weight is 399 g/mol. The first-order valence-corrected chi connectivity index (χ1v) is 11.2. The summed E-state index contributed by atoms with van der Waals surface area (Å²) in [4.78, 5) is 17.0.